The number of anilines is 2. The minimum absolute atomic E-state index is 0.0668. The van der Waals surface area contributed by atoms with E-state index < -0.39 is 0 Å². The van der Waals surface area contributed by atoms with Crippen molar-refractivity contribution in [2.24, 2.45) is 5.92 Å². The van der Waals surface area contributed by atoms with Crippen molar-refractivity contribution in [3.8, 4) is 11.5 Å². The molecule has 2 aliphatic heterocycles. The quantitative estimate of drug-likeness (QED) is 0.927. The molecule has 6 nitrogen and oxygen atoms in total. The number of likely N-dealkylation sites (tertiary alicyclic amines) is 1. The van der Waals surface area contributed by atoms with E-state index in [0.29, 0.717) is 16.9 Å². The lowest BCUT2D eigenvalue weighted by Gasteiger charge is -2.25. The largest absolute Gasteiger partial charge is 0.454 e. The number of amides is 1. The Kier molecular flexibility index (Phi) is 3.16. The van der Waals surface area contributed by atoms with Gasteiger partial charge in [0.1, 0.15) is 5.69 Å². The lowest BCUT2D eigenvalue weighted by Crippen LogP contribution is -2.37. The van der Waals surface area contributed by atoms with Gasteiger partial charge in [-0.2, -0.15) is 0 Å². The molecule has 0 radical (unpaired) electrons. The van der Waals surface area contributed by atoms with E-state index in [9.17, 15) is 4.79 Å². The number of hydrogen-bond donors (Lipinski definition) is 1. The molecule has 1 aromatic carbocycles. The summed E-state index contributed by atoms with van der Waals surface area (Å²) in [7, 11) is 0. The molecule has 7 heteroatoms. The van der Waals surface area contributed by atoms with Crippen LogP contribution >= 0.6 is 11.3 Å². The van der Waals surface area contributed by atoms with Crippen LogP contribution in [0.3, 0.4) is 0 Å². The van der Waals surface area contributed by atoms with E-state index in [1.165, 1.54) is 17.8 Å². The lowest BCUT2D eigenvalue weighted by molar-refractivity contribution is 0.0701. The second-order valence-electron chi connectivity index (χ2n) is 6.43. The number of thiazole rings is 1. The van der Waals surface area contributed by atoms with Crippen LogP contribution in [0.1, 0.15) is 29.8 Å². The highest BCUT2D eigenvalue weighted by Crippen LogP contribution is 2.43. The van der Waals surface area contributed by atoms with Crippen LogP contribution in [0, 0.1) is 5.92 Å². The van der Waals surface area contributed by atoms with Gasteiger partial charge in [-0.3, -0.25) is 4.79 Å². The molecular formula is C17H17N3O3S. The van der Waals surface area contributed by atoms with Gasteiger partial charge in [-0.15, -0.1) is 11.3 Å². The summed E-state index contributed by atoms with van der Waals surface area (Å²) in [6.07, 6.45) is 3.54. The molecule has 0 bridgehead atoms. The van der Waals surface area contributed by atoms with Crippen molar-refractivity contribution < 1.29 is 14.3 Å². The Morgan fingerprint density at radius 2 is 2.25 bits per heavy atom. The zero-order valence-electron chi connectivity index (χ0n) is 13.0. The van der Waals surface area contributed by atoms with Crippen molar-refractivity contribution in [1.82, 2.24) is 9.88 Å². The SMILES string of the molecule is O=C(c1csc(Nc2ccc3c(c2)OCO3)n1)N1CCCC2CC21. The summed E-state index contributed by atoms with van der Waals surface area (Å²) in [5.41, 5.74) is 1.41. The Bertz CT molecular complexity index is 806. The van der Waals surface area contributed by atoms with E-state index in [0.717, 1.165) is 42.5 Å². The van der Waals surface area contributed by atoms with E-state index in [2.05, 4.69) is 10.3 Å². The number of carbonyl (C=O) groups excluding carboxylic acids is 1. The van der Waals surface area contributed by atoms with Crippen LogP contribution in [-0.2, 0) is 0 Å². The van der Waals surface area contributed by atoms with Gasteiger partial charge < -0.3 is 19.7 Å². The highest BCUT2D eigenvalue weighted by molar-refractivity contribution is 7.14. The third-order valence-electron chi connectivity index (χ3n) is 4.87. The number of piperidine rings is 1. The van der Waals surface area contributed by atoms with Gasteiger partial charge in [-0.25, -0.2) is 4.98 Å². The molecule has 1 aromatic heterocycles. The van der Waals surface area contributed by atoms with E-state index in [1.807, 2.05) is 28.5 Å². The minimum atomic E-state index is 0.0668. The van der Waals surface area contributed by atoms with Crippen LogP contribution in [0.2, 0.25) is 0 Å². The van der Waals surface area contributed by atoms with E-state index in [-0.39, 0.29) is 12.7 Å². The van der Waals surface area contributed by atoms with Crippen LogP contribution < -0.4 is 14.8 Å². The molecule has 2 atom stereocenters. The summed E-state index contributed by atoms with van der Waals surface area (Å²) in [6.45, 7) is 1.12. The maximum atomic E-state index is 12.7. The fraction of sp³-hybridized carbons (Fsp3) is 0.412. The maximum absolute atomic E-state index is 12.7. The third-order valence-corrected chi connectivity index (χ3v) is 5.63. The third kappa shape index (κ3) is 2.39. The Labute approximate surface area is 143 Å². The van der Waals surface area contributed by atoms with Gasteiger partial charge >= 0.3 is 0 Å². The average Bonchev–Trinajstić information content (AvgIpc) is 3.02. The molecule has 1 amide bonds. The van der Waals surface area contributed by atoms with E-state index in [4.69, 9.17) is 9.47 Å². The Morgan fingerprint density at radius 1 is 1.33 bits per heavy atom. The van der Waals surface area contributed by atoms with Crippen molar-refractivity contribution in [1.29, 1.82) is 0 Å². The van der Waals surface area contributed by atoms with Gasteiger partial charge in [0.15, 0.2) is 16.6 Å². The number of nitrogens with zero attached hydrogens (tertiary/aromatic N) is 2. The summed E-state index contributed by atoms with van der Waals surface area (Å²) >= 11 is 1.44. The van der Waals surface area contributed by atoms with Crippen molar-refractivity contribution in [3.05, 3.63) is 29.3 Å². The smallest absolute Gasteiger partial charge is 0.273 e. The molecule has 2 fully saturated rings. The first kappa shape index (κ1) is 14.1. The Morgan fingerprint density at radius 3 is 3.21 bits per heavy atom. The fourth-order valence-electron chi connectivity index (χ4n) is 3.54. The van der Waals surface area contributed by atoms with Crippen LogP contribution in [0.25, 0.3) is 0 Å². The van der Waals surface area contributed by atoms with E-state index >= 15 is 0 Å². The molecule has 2 unspecified atom stereocenters. The molecule has 24 heavy (non-hydrogen) atoms. The summed E-state index contributed by atoms with van der Waals surface area (Å²) in [5, 5.41) is 5.78. The number of carbonyl (C=O) groups is 1. The first-order chi connectivity index (χ1) is 11.8. The number of rotatable bonds is 3. The summed E-state index contributed by atoms with van der Waals surface area (Å²) < 4.78 is 10.7. The molecule has 0 spiro atoms. The lowest BCUT2D eigenvalue weighted by atomic mass is 10.1. The van der Waals surface area contributed by atoms with Crippen molar-refractivity contribution in [3.63, 3.8) is 0 Å². The molecule has 1 saturated heterocycles. The van der Waals surface area contributed by atoms with Crippen molar-refractivity contribution >= 4 is 28.1 Å². The van der Waals surface area contributed by atoms with E-state index in [1.54, 1.807) is 0 Å². The van der Waals surface area contributed by atoms with Gasteiger partial charge in [0.2, 0.25) is 6.79 Å². The monoisotopic (exact) mass is 343 g/mol. The predicted molar refractivity (Wildman–Crippen MR) is 90.1 cm³/mol. The van der Waals surface area contributed by atoms with Gasteiger partial charge in [-0.05, 0) is 37.3 Å². The highest BCUT2D eigenvalue weighted by atomic mass is 32.1. The zero-order valence-corrected chi connectivity index (χ0v) is 13.8. The molecule has 1 saturated carbocycles. The molecule has 1 N–H and O–H groups in total. The van der Waals surface area contributed by atoms with Gasteiger partial charge in [0, 0.05) is 29.7 Å². The van der Waals surface area contributed by atoms with Crippen LogP contribution in [0.15, 0.2) is 23.6 Å². The topological polar surface area (TPSA) is 63.7 Å². The first-order valence-corrected chi connectivity index (χ1v) is 9.09. The fourth-order valence-corrected chi connectivity index (χ4v) is 4.24. The molecule has 3 aliphatic rings. The van der Waals surface area contributed by atoms with Crippen molar-refractivity contribution in [2.45, 2.75) is 25.3 Å². The zero-order chi connectivity index (χ0) is 16.1. The molecule has 2 aromatic rings. The average molecular weight is 343 g/mol. The Balaban J connectivity index is 1.31. The molecule has 5 rings (SSSR count). The van der Waals surface area contributed by atoms with Crippen molar-refractivity contribution in [2.75, 3.05) is 18.7 Å². The number of fused-ring (bicyclic) bond motifs is 2. The van der Waals surface area contributed by atoms with Crippen LogP contribution in [-0.4, -0.2) is 35.2 Å². The number of nitrogens with one attached hydrogen (secondary N) is 1. The number of benzene rings is 1. The predicted octanol–water partition coefficient (Wildman–Crippen LogP) is 3.24. The van der Waals surface area contributed by atoms with Gasteiger partial charge in [0.05, 0.1) is 0 Å². The van der Waals surface area contributed by atoms with Gasteiger partial charge in [0.25, 0.3) is 5.91 Å². The van der Waals surface area contributed by atoms with Gasteiger partial charge in [-0.1, -0.05) is 0 Å². The summed E-state index contributed by atoms with van der Waals surface area (Å²) in [6, 6.07) is 6.12. The summed E-state index contributed by atoms with van der Waals surface area (Å²) in [4.78, 5) is 19.1. The normalized spacial score (nSPS) is 23.8. The summed E-state index contributed by atoms with van der Waals surface area (Å²) in [5.74, 6) is 2.27. The Hall–Kier alpha value is -2.28. The number of aromatic nitrogens is 1. The maximum Gasteiger partial charge on any atom is 0.273 e. The molecule has 3 heterocycles. The second kappa shape index (κ2) is 5.37. The second-order valence-corrected chi connectivity index (χ2v) is 7.29. The molecular weight excluding hydrogens is 326 g/mol. The number of ether oxygens (including phenoxy) is 2. The first-order valence-electron chi connectivity index (χ1n) is 8.21. The molecule has 1 aliphatic carbocycles. The highest BCUT2D eigenvalue weighted by Gasteiger charge is 2.46. The number of hydrogen-bond acceptors (Lipinski definition) is 6. The van der Waals surface area contributed by atoms with Crippen LogP contribution in [0.4, 0.5) is 10.8 Å². The molecule has 124 valence electrons. The standard InChI is InChI=1S/C17H17N3O3S/c21-16(20-5-1-2-10-6-13(10)20)12-8-24-17(19-12)18-11-3-4-14-15(7-11)23-9-22-14/h3-4,7-8,10,13H,1-2,5-6,9H2,(H,18,19). The minimum Gasteiger partial charge on any atom is -0.454 e. The van der Waals surface area contributed by atoms with Crippen LogP contribution in [0.5, 0.6) is 11.5 Å².